The van der Waals surface area contributed by atoms with Crippen molar-refractivity contribution < 1.29 is 17.6 Å². The predicted octanol–water partition coefficient (Wildman–Crippen LogP) is 8.26. The monoisotopic (exact) mass is 604 g/mol. The van der Waals surface area contributed by atoms with Crippen LogP contribution in [-0.4, -0.2) is 32.4 Å². The van der Waals surface area contributed by atoms with Gasteiger partial charge in [0.15, 0.2) is 5.69 Å². The summed E-state index contributed by atoms with van der Waals surface area (Å²) in [6, 6.07) is 5.07. The van der Waals surface area contributed by atoms with Gasteiger partial charge in [-0.05, 0) is 43.7 Å². The molecule has 0 saturated heterocycles. The minimum absolute atomic E-state index is 0.0542. The molecule has 35 heavy (non-hydrogen) atoms. The number of hydrogen-bond donors (Lipinski definition) is 0. The van der Waals surface area contributed by atoms with E-state index in [4.69, 9.17) is 32.7 Å². The van der Waals surface area contributed by atoms with Gasteiger partial charge in [-0.2, -0.15) is 18.3 Å². The molecule has 184 valence electrons. The lowest BCUT2D eigenvalue weighted by Crippen LogP contribution is -2.48. The van der Waals surface area contributed by atoms with Crippen molar-refractivity contribution >= 4 is 50.9 Å². The van der Waals surface area contributed by atoms with Crippen LogP contribution >= 0.6 is 50.9 Å². The van der Waals surface area contributed by atoms with Gasteiger partial charge in [0.05, 0.1) is 21.3 Å². The van der Waals surface area contributed by atoms with Crippen molar-refractivity contribution in [2.45, 2.75) is 48.1 Å². The fourth-order valence-corrected chi connectivity index (χ4v) is 5.97. The Kier molecular flexibility index (Phi) is 6.61. The first-order valence-corrected chi connectivity index (χ1v) is 13.5. The summed E-state index contributed by atoms with van der Waals surface area (Å²) in [6.07, 6.45) is 4.45. The largest absolute Gasteiger partial charge is 0.418 e. The molecule has 2 heterocycles. The third-order valence-corrected chi connectivity index (χ3v) is 8.35. The van der Waals surface area contributed by atoms with E-state index in [1.807, 2.05) is 24.5 Å². The van der Waals surface area contributed by atoms with E-state index in [2.05, 4.69) is 26.1 Å². The lowest BCUT2D eigenvalue weighted by atomic mass is 9.68. The highest BCUT2D eigenvalue weighted by Gasteiger charge is 2.63. The Labute approximate surface area is 221 Å². The molecule has 1 aromatic carbocycles. The van der Waals surface area contributed by atoms with Gasteiger partial charge < -0.3 is 4.42 Å². The Hall–Kier alpha value is -1.75. The van der Waals surface area contributed by atoms with E-state index in [-0.39, 0.29) is 24.7 Å². The van der Waals surface area contributed by atoms with Gasteiger partial charge in [0.1, 0.15) is 5.41 Å². The van der Waals surface area contributed by atoms with Crippen LogP contribution in [0.1, 0.15) is 43.2 Å². The quantitative estimate of drug-likeness (QED) is 0.274. The van der Waals surface area contributed by atoms with E-state index < -0.39 is 17.5 Å². The Bertz CT molecular complexity index is 1350. The highest BCUT2D eigenvalue weighted by Crippen LogP contribution is 2.54. The molecule has 1 saturated carbocycles. The highest BCUT2D eigenvalue weighted by atomic mass is 79.9. The van der Waals surface area contributed by atoms with Gasteiger partial charge in [0, 0.05) is 15.4 Å². The molecule has 2 aliphatic rings. The van der Waals surface area contributed by atoms with Gasteiger partial charge in [-0.25, -0.2) is 4.68 Å². The molecule has 1 atom stereocenters. The van der Waals surface area contributed by atoms with Crippen LogP contribution in [0.25, 0.3) is 17.3 Å². The minimum Gasteiger partial charge on any atom is -0.418 e. The minimum atomic E-state index is -4.47. The predicted molar refractivity (Wildman–Crippen MR) is 134 cm³/mol. The van der Waals surface area contributed by atoms with Gasteiger partial charge in [-0.3, -0.25) is 0 Å². The van der Waals surface area contributed by atoms with Crippen LogP contribution in [0.15, 0.2) is 50.2 Å². The zero-order chi connectivity index (χ0) is 25.0. The summed E-state index contributed by atoms with van der Waals surface area (Å²) < 4.78 is 49.9. The van der Waals surface area contributed by atoms with Crippen molar-refractivity contribution in [3.05, 3.63) is 62.5 Å². The van der Waals surface area contributed by atoms with Crippen LogP contribution < -0.4 is 0 Å². The van der Waals surface area contributed by atoms with E-state index in [9.17, 15) is 13.2 Å². The zero-order valence-electron chi connectivity index (χ0n) is 18.2. The van der Waals surface area contributed by atoms with E-state index in [0.29, 0.717) is 34.3 Å². The molecular weight excluding hydrogens is 588 g/mol. The van der Waals surface area contributed by atoms with Gasteiger partial charge in [-0.1, -0.05) is 63.8 Å². The van der Waals surface area contributed by atoms with Crippen molar-refractivity contribution in [2.24, 2.45) is 0 Å². The third-order valence-electron chi connectivity index (χ3n) is 6.41. The zero-order valence-corrected chi connectivity index (χ0v) is 22.2. The first-order chi connectivity index (χ1) is 16.6. The molecule has 1 unspecified atom stereocenters. The van der Waals surface area contributed by atoms with E-state index >= 15 is 0 Å². The molecule has 0 amide bonds. The molecule has 12 heteroatoms. The summed E-state index contributed by atoms with van der Waals surface area (Å²) >= 11 is 17.5. The number of aromatic nitrogens is 4. The summed E-state index contributed by atoms with van der Waals surface area (Å²) in [5, 5.41) is 13.4. The molecule has 0 aliphatic heterocycles. The lowest BCUT2D eigenvalue weighted by molar-refractivity contribution is -0.219. The first-order valence-electron chi connectivity index (χ1n) is 10.7. The van der Waals surface area contributed by atoms with Crippen molar-refractivity contribution in [3.63, 3.8) is 0 Å². The molecule has 0 bridgehead atoms. The highest BCUT2D eigenvalue weighted by molar-refractivity contribution is 9.11. The average Bonchev–Trinajstić information content (AvgIpc) is 3.37. The topological polar surface area (TPSA) is 56.7 Å². The van der Waals surface area contributed by atoms with Crippen LogP contribution in [0.2, 0.25) is 10.0 Å². The summed E-state index contributed by atoms with van der Waals surface area (Å²) in [6.45, 7) is 0. The fourth-order valence-electron chi connectivity index (χ4n) is 4.38. The van der Waals surface area contributed by atoms with Gasteiger partial charge in [0.25, 0.3) is 5.89 Å². The molecule has 5 nitrogen and oxygen atoms in total. The Morgan fingerprint density at radius 2 is 2.00 bits per heavy atom. The van der Waals surface area contributed by atoms with Crippen LogP contribution in [0.4, 0.5) is 13.2 Å². The van der Waals surface area contributed by atoms with Crippen LogP contribution in [0.5, 0.6) is 0 Å². The number of allylic oxidation sites excluding steroid dienone is 4. The molecule has 2 aliphatic carbocycles. The van der Waals surface area contributed by atoms with Crippen LogP contribution in [0.3, 0.4) is 0 Å². The maximum absolute atomic E-state index is 13.8. The standard InChI is InChI=1S/C23H18BrCl2F3N4OS/c1-35-19-17(20-30-31-21(34-20)22(9-2-10-22)23(27,28)29)32-33(16-8-7-14(25)11-15(16)26)18(19)12-3-5-13(24)6-4-12/h3,5-8,11-12H,2,4,9-10H2,1H3. The number of halogens is 6. The molecule has 1 fully saturated rings. The molecule has 5 rings (SSSR count). The molecule has 0 radical (unpaired) electrons. The summed E-state index contributed by atoms with van der Waals surface area (Å²) in [4.78, 5) is 0.724. The molecule has 2 aromatic heterocycles. The summed E-state index contributed by atoms with van der Waals surface area (Å²) in [5.74, 6) is -0.535. The summed E-state index contributed by atoms with van der Waals surface area (Å²) in [7, 11) is 0. The second kappa shape index (κ2) is 9.28. The smallest absolute Gasteiger partial charge is 0.403 e. The van der Waals surface area contributed by atoms with Gasteiger partial charge >= 0.3 is 6.18 Å². The van der Waals surface area contributed by atoms with Crippen molar-refractivity contribution in [3.8, 4) is 17.3 Å². The first kappa shape index (κ1) is 24.9. The SMILES string of the molecule is CSc1c(-c2nnc(C3(C(F)(F)F)CCC3)o2)nn(-c2ccc(Cl)cc2Cl)c1C1C=CC(Br)=CC1. The number of hydrogen-bond acceptors (Lipinski definition) is 5. The van der Waals surface area contributed by atoms with Crippen molar-refractivity contribution in [2.75, 3.05) is 6.26 Å². The van der Waals surface area contributed by atoms with Gasteiger partial charge in [-0.15, -0.1) is 22.0 Å². The third kappa shape index (κ3) is 4.26. The molecule has 0 spiro atoms. The summed E-state index contributed by atoms with van der Waals surface area (Å²) in [5.41, 5.74) is -0.375. The maximum atomic E-state index is 13.8. The van der Waals surface area contributed by atoms with Crippen LogP contribution in [0, 0.1) is 0 Å². The maximum Gasteiger partial charge on any atom is 0.403 e. The van der Waals surface area contributed by atoms with E-state index in [1.165, 1.54) is 11.8 Å². The number of alkyl halides is 3. The second-order valence-corrected chi connectivity index (χ2v) is 11.0. The molecule has 3 aromatic rings. The van der Waals surface area contributed by atoms with Gasteiger partial charge in [0.2, 0.25) is 5.89 Å². The fraction of sp³-hybridized carbons (Fsp3) is 0.348. The Morgan fingerprint density at radius 1 is 1.23 bits per heavy atom. The van der Waals surface area contributed by atoms with Crippen LogP contribution in [-0.2, 0) is 5.41 Å². The average molecular weight is 606 g/mol. The second-order valence-electron chi connectivity index (χ2n) is 8.41. The molecular formula is C23H18BrCl2F3N4OS. The number of nitrogens with zero attached hydrogens (tertiary/aromatic N) is 4. The number of benzene rings is 1. The van der Waals surface area contributed by atoms with Crippen molar-refractivity contribution in [1.29, 1.82) is 0 Å². The Balaban J connectivity index is 1.67. The van der Waals surface area contributed by atoms with Crippen molar-refractivity contribution in [1.82, 2.24) is 20.0 Å². The van der Waals surface area contributed by atoms with E-state index in [0.717, 1.165) is 15.1 Å². The lowest BCUT2D eigenvalue weighted by Gasteiger charge is -2.39. The normalized spacial score (nSPS) is 19.5. The number of rotatable bonds is 5. The number of thioether (sulfide) groups is 1. The molecule has 0 N–H and O–H groups in total. The van der Waals surface area contributed by atoms with E-state index in [1.54, 1.807) is 22.9 Å². The Morgan fingerprint density at radius 3 is 2.57 bits per heavy atom.